The van der Waals surface area contributed by atoms with Gasteiger partial charge in [0.1, 0.15) is 84.6 Å². The van der Waals surface area contributed by atoms with E-state index in [0.29, 0.717) is 139 Å². The predicted octanol–water partition coefficient (Wildman–Crippen LogP) is 1.75. The van der Waals surface area contributed by atoms with Crippen molar-refractivity contribution in [1.82, 2.24) is 95.5 Å². The Morgan fingerprint density at radius 1 is 0.260 bits per heavy atom. The molecule has 1 aromatic carbocycles. The molecule has 1 aromatic heterocycles. The van der Waals surface area contributed by atoms with E-state index in [-0.39, 0.29) is 176 Å². The third-order valence-corrected chi connectivity index (χ3v) is 24.6. The zero-order valence-electron chi connectivity index (χ0n) is 90.3. The lowest BCUT2D eigenvalue weighted by Gasteiger charge is -2.30. The fourth-order valence-corrected chi connectivity index (χ4v) is 16.9. The molecule has 0 saturated carbocycles. The van der Waals surface area contributed by atoms with Crippen LogP contribution in [-0.2, 0) is 87.9 Å². The summed E-state index contributed by atoms with van der Waals surface area (Å²) in [5, 5.41) is 45.9. The highest BCUT2D eigenvalue weighted by molar-refractivity contribution is 6.01. The van der Waals surface area contributed by atoms with Gasteiger partial charge in [0.15, 0.2) is 0 Å². The SMILES string of the molecule is CC(C)C[C@H](NC(=O)[C@H](CCCCN)NC(=O)[C@H](CC(C)C)NC(=O)[C@H](CC(C)C)NC(=O)[C@H](Cc1c[nH]c2ccccc12)NC(=O)[C@H](CCCCN)NC(=O)[C@H](CC(C)C)NC(=O)[C@H](CC(C)C)NC(=O)[C@H](CCCCN)NC(=O)[C@H](CC(C)C)NC(=O)[C@H](CC(C)C)NC(=O)[C@H](CCCCN)NC(=O)[C@H](CCCCN)NC(=O)[C@@H](N)CC(C)C)C(=O)N[C@@H](CCCCN)C(=O)NCC(=O)NCCCCCC(=O)NN. The third kappa shape index (κ3) is 54.4. The minimum Gasteiger partial charge on any atom is -0.361 e. The summed E-state index contributed by atoms with van der Waals surface area (Å²) >= 11 is 0. The van der Waals surface area contributed by atoms with Gasteiger partial charge in [0.25, 0.3) is 0 Å². The predicted molar refractivity (Wildman–Crippen MR) is 567 cm³/mol. The highest BCUT2D eigenvalue weighted by Gasteiger charge is 2.41. The number of hydrogen-bond donors (Lipinski definition) is 26. The van der Waals surface area contributed by atoms with Gasteiger partial charge in [-0.15, -0.1) is 0 Å². The quantitative estimate of drug-likeness (QED) is 0.0194. The van der Waals surface area contributed by atoms with Crippen molar-refractivity contribution in [2.24, 2.45) is 93.3 Å². The Hall–Kier alpha value is -10.6. The van der Waals surface area contributed by atoms with E-state index in [1.807, 2.05) is 129 Å². The molecule has 43 heteroatoms. The molecule has 0 unspecified atom stereocenters. The first-order valence-corrected chi connectivity index (χ1v) is 53.5. The molecule has 43 nitrogen and oxygen atoms in total. The van der Waals surface area contributed by atoms with Gasteiger partial charge in [-0.05, 0) is 278 Å². The summed E-state index contributed by atoms with van der Waals surface area (Å²) in [5.74, 6) is -8.17. The number of para-hydroxylation sites is 1. The molecule has 0 saturated heterocycles. The van der Waals surface area contributed by atoms with Gasteiger partial charge in [0.05, 0.1) is 12.6 Å². The average Bonchev–Trinajstić information content (AvgIpc) is 1.75. The van der Waals surface area contributed by atoms with Gasteiger partial charge in [-0.3, -0.25) is 86.9 Å². The maximum Gasteiger partial charge on any atom is 0.243 e. The number of nitrogens with one attached hydrogen (secondary N) is 18. The monoisotopic (exact) mass is 2060 g/mol. The van der Waals surface area contributed by atoms with E-state index < -0.39 is 192 Å². The summed E-state index contributed by atoms with van der Waals surface area (Å²) in [5.41, 5.74) is 45.1. The highest BCUT2D eigenvalue weighted by atomic mass is 16.2. The van der Waals surface area contributed by atoms with Crippen LogP contribution in [0.1, 0.15) is 309 Å². The second-order valence-electron chi connectivity index (χ2n) is 42.2. The molecule has 15 atom stereocenters. The Morgan fingerprint density at radius 2 is 0.500 bits per heavy atom. The second-order valence-corrected chi connectivity index (χ2v) is 42.2. The Kier molecular flexibility index (Phi) is 66.2. The summed E-state index contributed by atoms with van der Waals surface area (Å²) in [6, 6.07) is -11.6. The van der Waals surface area contributed by atoms with Gasteiger partial charge in [-0.2, -0.15) is 0 Å². The number of aromatic nitrogens is 1. The van der Waals surface area contributed by atoms with Crippen LogP contribution in [0, 0.1) is 47.3 Å². The van der Waals surface area contributed by atoms with Gasteiger partial charge >= 0.3 is 0 Å². The molecule has 0 fully saturated rings. The minimum atomic E-state index is -1.47. The van der Waals surface area contributed by atoms with Crippen LogP contribution in [-0.4, -0.2) is 248 Å². The van der Waals surface area contributed by atoms with Gasteiger partial charge in [-0.25, -0.2) is 5.84 Å². The number of nitrogens with two attached hydrogens (primary N) is 8. The number of H-pyrrole nitrogens is 1. The summed E-state index contributed by atoms with van der Waals surface area (Å²) in [4.78, 5) is 249. The summed E-state index contributed by atoms with van der Waals surface area (Å²) in [6.45, 7) is 31.0. The number of hydrazine groups is 1. The number of carbonyl (C=O) groups excluding carboxylic acids is 17. The molecule has 34 N–H and O–H groups in total. The average molecular weight is 2060 g/mol. The molecule has 2 aromatic rings. The molecule has 1 heterocycles. The molecular formula is C103H188N26O17. The van der Waals surface area contributed by atoms with Crippen molar-refractivity contribution in [2.45, 2.75) is 400 Å². The van der Waals surface area contributed by atoms with Gasteiger partial charge < -0.3 is 130 Å². The molecule has 0 bridgehead atoms. The molecule has 146 heavy (non-hydrogen) atoms. The molecule has 0 spiro atoms. The number of aromatic amines is 1. The summed E-state index contributed by atoms with van der Waals surface area (Å²) < 4.78 is 0. The number of unbranched alkanes of at least 4 members (excludes halogenated alkanes) is 8. The third-order valence-electron chi connectivity index (χ3n) is 24.6. The zero-order chi connectivity index (χ0) is 110. The van der Waals surface area contributed by atoms with E-state index in [9.17, 15) is 52.7 Å². The van der Waals surface area contributed by atoms with Crippen LogP contribution in [0.25, 0.3) is 10.9 Å². The number of rotatable bonds is 79. The van der Waals surface area contributed by atoms with Crippen LogP contribution in [0.4, 0.5) is 0 Å². The number of amides is 17. The summed E-state index contributed by atoms with van der Waals surface area (Å²) in [7, 11) is 0. The van der Waals surface area contributed by atoms with Crippen LogP contribution in [0.5, 0.6) is 0 Å². The van der Waals surface area contributed by atoms with E-state index >= 15 is 28.8 Å². The maximum atomic E-state index is 15.5. The standard InChI is InChI=1S/C103H188N26O17/c1-61(2)50-71(110)89(132)115-74(37-22-28-44-105)91(134)117-75(38-23-29-45-106)92(135)122-83(55-66(11)12)100(143)124-80(52-63(5)6)97(140)119-77(40-25-31-47-108)94(137)123-84(56-67(13)14)101(144)125-81(53-64(7)8)99(142)120-78(41-26-32-48-109)95(138)128-86(58-69-59-113-72-35-20-19-34-70(69)72)103(146)127-85(57-68(15)16)102(145)126-82(54-65(9)10)98(141)118-76(39-24-30-46-107)93(136)121-79(51-62(3)4)96(139)116-73(36-21-27-43-104)90(133)114-60-88(131)112-49-33-17-18-42-87(130)129-111/h19-20,34-35,59,61-68,71,73-86,113H,17-18,21-33,36-58,60,104-111H2,1-16H3,(H,112,131)(H,114,133)(H,115,132)(H,116,139)(H,117,134)(H,118,141)(H,119,140)(H,120,142)(H,121,136)(H,122,135)(H,123,137)(H,124,143)(H,125,144)(H,126,145)(H,127,146)(H,128,138)(H,129,130)/t71-,73-,74-,75-,76-,77-,78-,79-,80-,81-,82-,83-,84-,85-,86-/m0/s1. The molecule has 0 aliphatic heterocycles. The van der Waals surface area contributed by atoms with E-state index in [2.05, 4.69) is 95.5 Å². The lowest BCUT2D eigenvalue weighted by Crippen LogP contribution is -2.61. The topological polar surface area (TPSA) is 719 Å². The largest absolute Gasteiger partial charge is 0.361 e. The molecule has 17 amide bonds. The smallest absolute Gasteiger partial charge is 0.243 e. The lowest BCUT2D eigenvalue weighted by atomic mass is 9.98. The number of fused-ring (bicyclic) bond motifs is 1. The van der Waals surface area contributed by atoms with Gasteiger partial charge in [-0.1, -0.05) is 135 Å². The lowest BCUT2D eigenvalue weighted by molar-refractivity contribution is -0.137. The normalized spacial score (nSPS) is 14.7. The maximum absolute atomic E-state index is 15.5. The van der Waals surface area contributed by atoms with Crippen LogP contribution in [0.3, 0.4) is 0 Å². The molecular weight excluding hydrogens is 1870 g/mol. The molecule has 0 aliphatic rings. The first kappa shape index (κ1) is 131. The van der Waals surface area contributed by atoms with Crippen LogP contribution < -0.4 is 136 Å². The zero-order valence-corrected chi connectivity index (χ0v) is 90.3. The van der Waals surface area contributed by atoms with Gasteiger partial charge in [0.2, 0.25) is 100 Å². The van der Waals surface area contributed by atoms with Crippen LogP contribution >= 0.6 is 0 Å². The summed E-state index contributed by atoms with van der Waals surface area (Å²) in [6.07, 6.45) is 9.88. The molecule has 0 aliphatic carbocycles. The first-order valence-electron chi connectivity index (χ1n) is 53.5. The molecule has 2 rings (SSSR count). The van der Waals surface area contributed by atoms with E-state index in [0.717, 1.165) is 0 Å². The van der Waals surface area contributed by atoms with Gasteiger partial charge in [0, 0.05) is 36.5 Å². The fourth-order valence-electron chi connectivity index (χ4n) is 16.9. The fraction of sp³-hybridized carbons (Fsp3) is 0.757. The second kappa shape index (κ2) is 73.5. The van der Waals surface area contributed by atoms with Crippen molar-refractivity contribution in [3.63, 3.8) is 0 Å². The Morgan fingerprint density at radius 3 is 0.767 bits per heavy atom. The Balaban J connectivity index is 2.67. The van der Waals surface area contributed by atoms with Crippen molar-refractivity contribution in [3.05, 3.63) is 36.0 Å². The van der Waals surface area contributed by atoms with Crippen molar-refractivity contribution >= 4 is 111 Å². The van der Waals surface area contributed by atoms with Crippen molar-refractivity contribution in [1.29, 1.82) is 0 Å². The highest BCUT2D eigenvalue weighted by Crippen LogP contribution is 2.23. The number of carbonyl (C=O) groups is 17. The van der Waals surface area contributed by atoms with E-state index in [1.54, 1.807) is 12.3 Å². The molecule has 832 valence electrons. The first-order chi connectivity index (χ1) is 69.1. The van der Waals surface area contributed by atoms with Crippen LogP contribution in [0.15, 0.2) is 30.5 Å². The van der Waals surface area contributed by atoms with Crippen molar-refractivity contribution in [3.8, 4) is 0 Å². The number of benzene rings is 1. The van der Waals surface area contributed by atoms with Crippen molar-refractivity contribution < 1.29 is 81.5 Å². The molecule has 0 radical (unpaired) electrons. The van der Waals surface area contributed by atoms with E-state index in [4.69, 9.17) is 46.0 Å². The minimum absolute atomic E-state index is 0.0130. The Labute approximate surface area is 866 Å². The Bertz CT molecular complexity index is 4280. The van der Waals surface area contributed by atoms with E-state index in [1.165, 1.54) is 0 Å². The van der Waals surface area contributed by atoms with Crippen molar-refractivity contribution in [2.75, 3.05) is 52.4 Å². The number of hydrogen-bond acceptors (Lipinski definition) is 25. The van der Waals surface area contributed by atoms with Crippen LogP contribution in [0.2, 0.25) is 0 Å².